The van der Waals surface area contributed by atoms with E-state index >= 15 is 0 Å². The van der Waals surface area contributed by atoms with Crippen molar-refractivity contribution < 1.29 is 4.79 Å². The predicted octanol–water partition coefficient (Wildman–Crippen LogP) is 2.48. The number of carbonyl (C=O) groups excluding carboxylic acids is 1. The van der Waals surface area contributed by atoms with E-state index in [-0.39, 0.29) is 11.2 Å². The largest absolute Gasteiger partial charge is 0.367 e. The third-order valence-electron chi connectivity index (χ3n) is 1.60. The number of aldehydes is 1. The number of rotatable bonds is 4. The minimum Gasteiger partial charge on any atom is -0.367 e. The van der Waals surface area contributed by atoms with Gasteiger partial charge in [0.15, 0.2) is 11.4 Å². The highest BCUT2D eigenvalue weighted by atomic mass is 35.5. The molecule has 1 aromatic rings. The van der Waals surface area contributed by atoms with Gasteiger partial charge in [-0.1, -0.05) is 23.4 Å². The first-order chi connectivity index (χ1) is 7.08. The topological polar surface area (TPSA) is 54.9 Å². The molecule has 0 amide bonds. The summed E-state index contributed by atoms with van der Waals surface area (Å²) in [6, 6.07) is 0.185. The van der Waals surface area contributed by atoms with Crippen molar-refractivity contribution in [3.05, 3.63) is 10.7 Å². The number of halogens is 1. The first-order valence-electron chi connectivity index (χ1n) is 4.41. The van der Waals surface area contributed by atoms with Gasteiger partial charge in [-0.2, -0.15) is 0 Å². The quantitative estimate of drug-likeness (QED) is 0.382. The Hall–Kier alpha value is -0.810. The molecule has 0 spiro atoms. The zero-order valence-corrected chi connectivity index (χ0v) is 10.3. The van der Waals surface area contributed by atoms with Crippen molar-refractivity contribution in [1.82, 2.24) is 9.97 Å². The van der Waals surface area contributed by atoms with Crippen LogP contribution in [-0.2, 0) is 0 Å². The zero-order valence-electron chi connectivity index (χ0n) is 8.74. The molecular formula is C9H12ClN3OS. The van der Waals surface area contributed by atoms with Crippen LogP contribution >= 0.6 is 23.4 Å². The molecule has 4 nitrogen and oxygen atoms in total. The van der Waals surface area contributed by atoms with Gasteiger partial charge in [0, 0.05) is 6.04 Å². The number of nitrogens with one attached hydrogen (secondary N) is 1. The van der Waals surface area contributed by atoms with Crippen LogP contribution in [0.1, 0.15) is 24.2 Å². The second kappa shape index (κ2) is 5.32. The van der Waals surface area contributed by atoms with Gasteiger partial charge in [0.25, 0.3) is 0 Å². The lowest BCUT2D eigenvalue weighted by Gasteiger charge is -2.12. The minimum absolute atomic E-state index is 0.185. The Balaban J connectivity index is 3.19. The molecule has 1 heterocycles. The van der Waals surface area contributed by atoms with Gasteiger partial charge in [-0.3, -0.25) is 4.79 Å². The molecule has 0 aliphatic rings. The Morgan fingerprint density at radius 3 is 2.60 bits per heavy atom. The maximum Gasteiger partial charge on any atom is 0.190 e. The van der Waals surface area contributed by atoms with Crippen LogP contribution in [0.15, 0.2) is 5.16 Å². The molecule has 0 aliphatic carbocycles. The van der Waals surface area contributed by atoms with Crippen molar-refractivity contribution >= 4 is 35.5 Å². The van der Waals surface area contributed by atoms with Gasteiger partial charge in [0.05, 0.1) is 5.56 Å². The maximum absolute atomic E-state index is 10.8. The Kier molecular flexibility index (Phi) is 4.35. The molecule has 1 aromatic heterocycles. The molecule has 0 saturated heterocycles. The first kappa shape index (κ1) is 12.3. The van der Waals surface area contributed by atoms with E-state index in [9.17, 15) is 4.79 Å². The zero-order chi connectivity index (χ0) is 11.4. The van der Waals surface area contributed by atoms with E-state index < -0.39 is 0 Å². The lowest BCUT2D eigenvalue weighted by atomic mass is 10.3. The van der Waals surface area contributed by atoms with Crippen molar-refractivity contribution in [2.45, 2.75) is 25.0 Å². The maximum atomic E-state index is 10.8. The summed E-state index contributed by atoms with van der Waals surface area (Å²) in [6.45, 7) is 3.92. The summed E-state index contributed by atoms with van der Waals surface area (Å²) in [6.07, 6.45) is 2.52. The molecule has 15 heavy (non-hydrogen) atoms. The molecule has 0 fully saturated rings. The molecule has 0 unspecified atom stereocenters. The lowest BCUT2D eigenvalue weighted by Crippen LogP contribution is -2.14. The summed E-state index contributed by atoms with van der Waals surface area (Å²) < 4.78 is 0. The van der Waals surface area contributed by atoms with E-state index in [1.807, 2.05) is 20.1 Å². The highest BCUT2D eigenvalue weighted by molar-refractivity contribution is 7.98. The highest BCUT2D eigenvalue weighted by Gasteiger charge is 2.12. The molecule has 6 heteroatoms. The Morgan fingerprint density at radius 1 is 1.47 bits per heavy atom. The number of thioether (sulfide) groups is 1. The van der Waals surface area contributed by atoms with Gasteiger partial charge in [0.1, 0.15) is 11.0 Å². The summed E-state index contributed by atoms with van der Waals surface area (Å²) in [5.74, 6) is 0.490. The first-order valence-corrected chi connectivity index (χ1v) is 6.02. The second-order valence-corrected chi connectivity index (χ2v) is 4.31. The summed E-state index contributed by atoms with van der Waals surface area (Å²) in [5, 5.41) is 3.80. The number of nitrogens with zero attached hydrogens (tertiary/aromatic N) is 2. The van der Waals surface area contributed by atoms with Crippen LogP contribution in [0.3, 0.4) is 0 Å². The molecule has 1 rings (SSSR count). The normalized spacial score (nSPS) is 10.5. The van der Waals surface area contributed by atoms with E-state index in [1.54, 1.807) is 0 Å². The van der Waals surface area contributed by atoms with Crippen molar-refractivity contribution in [3.63, 3.8) is 0 Å². The van der Waals surface area contributed by atoms with Gasteiger partial charge >= 0.3 is 0 Å². The van der Waals surface area contributed by atoms with Gasteiger partial charge in [-0.15, -0.1) is 0 Å². The molecule has 0 aromatic carbocycles. The monoisotopic (exact) mass is 245 g/mol. The smallest absolute Gasteiger partial charge is 0.190 e. The lowest BCUT2D eigenvalue weighted by molar-refractivity contribution is 0.112. The standard InChI is InChI=1S/C9H12ClN3OS/c1-5(2)11-8-6(4-14)7(10)12-9(13-8)15-3/h4-5H,1-3H3,(H,11,12,13). The second-order valence-electron chi connectivity index (χ2n) is 3.18. The van der Waals surface area contributed by atoms with Gasteiger partial charge in [-0.25, -0.2) is 9.97 Å². The predicted molar refractivity (Wildman–Crippen MR) is 63.0 cm³/mol. The van der Waals surface area contributed by atoms with Crippen LogP contribution < -0.4 is 5.32 Å². The van der Waals surface area contributed by atoms with E-state index in [0.717, 1.165) is 0 Å². The summed E-state index contributed by atoms with van der Waals surface area (Å²) in [5.41, 5.74) is 0.308. The molecule has 0 saturated carbocycles. The van der Waals surface area contributed by atoms with E-state index in [4.69, 9.17) is 11.6 Å². The van der Waals surface area contributed by atoms with Crippen molar-refractivity contribution in [3.8, 4) is 0 Å². The molecule has 0 bridgehead atoms. The van der Waals surface area contributed by atoms with Gasteiger partial charge in [-0.05, 0) is 20.1 Å². The SMILES string of the molecule is CSc1nc(Cl)c(C=O)c(NC(C)C)n1. The highest BCUT2D eigenvalue weighted by Crippen LogP contribution is 2.23. The van der Waals surface area contributed by atoms with E-state index in [2.05, 4.69) is 15.3 Å². The van der Waals surface area contributed by atoms with Gasteiger partial charge < -0.3 is 5.32 Å². The Labute approximate surface area is 97.8 Å². The number of anilines is 1. The third-order valence-corrected chi connectivity index (χ3v) is 2.44. The fourth-order valence-electron chi connectivity index (χ4n) is 1.00. The van der Waals surface area contributed by atoms with Crippen LogP contribution in [0, 0.1) is 0 Å². The average Bonchev–Trinajstić information content (AvgIpc) is 2.16. The fraction of sp³-hybridized carbons (Fsp3) is 0.444. The van der Waals surface area contributed by atoms with Crippen LogP contribution in [-0.4, -0.2) is 28.6 Å². The molecule has 0 atom stereocenters. The molecule has 1 N–H and O–H groups in total. The average molecular weight is 246 g/mol. The summed E-state index contributed by atoms with van der Waals surface area (Å²) in [7, 11) is 0. The van der Waals surface area contributed by atoms with Crippen molar-refractivity contribution in [2.24, 2.45) is 0 Å². The van der Waals surface area contributed by atoms with Crippen molar-refractivity contribution in [2.75, 3.05) is 11.6 Å². The Morgan fingerprint density at radius 2 is 2.13 bits per heavy atom. The van der Waals surface area contributed by atoms with Crippen LogP contribution in [0.2, 0.25) is 5.15 Å². The van der Waals surface area contributed by atoms with Crippen LogP contribution in [0.25, 0.3) is 0 Å². The molecular weight excluding hydrogens is 234 g/mol. The third kappa shape index (κ3) is 3.07. The van der Waals surface area contributed by atoms with Gasteiger partial charge in [0.2, 0.25) is 0 Å². The minimum atomic E-state index is 0.185. The summed E-state index contributed by atoms with van der Waals surface area (Å²) in [4.78, 5) is 19.0. The van der Waals surface area contributed by atoms with Crippen LogP contribution in [0.4, 0.5) is 5.82 Å². The Bertz CT molecular complexity index is 371. The van der Waals surface area contributed by atoms with E-state index in [0.29, 0.717) is 22.8 Å². The molecule has 82 valence electrons. The van der Waals surface area contributed by atoms with Crippen molar-refractivity contribution in [1.29, 1.82) is 0 Å². The number of carbonyl (C=O) groups is 1. The number of aromatic nitrogens is 2. The fourth-order valence-corrected chi connectivity index (χ4v) is 1.63. The number of hydrogen-bond acceptors (Lipinski definition) is 5. The van der Waals surface area contributed by atoms with Crippen LogP contribution in [0.5, 0.6) is 0 Å². The molecule has 0 aliphatic heterocycles. The van der Waals surface area contributed by atoms with E-state index in [1.165, 1.54) is 11.8 Å². The number of hydrogen-bond donors (Lipinski definition) is 1. The molecule has 0 radical (unpaired) electrons. The summed E-state index contributed by atoms with van der Waals surface area (Å²) >= 11 is 7.24.